The number of carbonyl (C=O) groups excluding carboxylic acids is 2. The van der Waals surface area contributed by atoms with Crippen LogP contribution in [0, 0.1) is 5.82 Å². The SMILES string of the molecule is COc1ccc(C(O)=C2C(=O)C(=O)N(CCN(C)C)C2c2cccc(OC)c2OC)cc1F. The number of Topliss-reactive ketones (excluding diaryl/α,β-unsaturated/α-hetero) is 1. The first-order chi connectivity index (χ1) is 15.7. The van der Waals surface area contributed by atoms with Gasteiger partial charge in [-0.15, -0.1) is 0 Å². The van der Waals surface area contributed by atoms with Crippen LogP contribution in [0.15, 0.2) is 42.0 Å². The summed E-state index contributed by atoms with van der Waals surface area (Å²) >= 11 is 0. The minimum absolute atomic E-state index is 0.0102. The van der Waals surface area contributed by atoms with E-state index in [0.717, 1.165) is 6.07 Å². The molecule has 1 amide bonds. The molecule has 8 nitrogen and oxygen atoms in total. The number of ether oxygens (including phenoxy) is 3. The van der Waals surface area contributed by atoms with Crippen LogP contribution < -0.4 is 14.2 Å². The van der Waals surface area contributed by atoms with Crippen LogP contribution in [-0.2, 0) is 9.59 Å². The highest BCUT2D eigenvalue weighted by Gasteiger charge is 2.47. The van der Waals surface area contributed by atoms with Gasteiger partial charge in [0.15, 0.2) is 23.1 Å². The largest absolute Gasteiger partial charge is 0.507 e. The zero-order valence-corrected chi connectivity index (χ0v) is 19.2. The van der Waals surface area contributed by atoms with Crippen molar-refractivity contribution in [1.82, 2.24) is 9.80 Å². The number of hydrogen-bond donors (Lipinski definition) is 1. The first-order valence-electron chi connectivity index (χ1n) is 10.2. The van der Waals surface area contributed by atoms with Gasteiger partial charge in [0, 0.05) is 24.2 Å². The summed E-state index contributed by atoms with van der Waals surface area (Å²) in [5, 5.41) is 11.1. The average molecular weight is 458 g/mol. The number of halogens is 1. The van der Waals surface area contributed by atoms with Gasteiger partial charge in [-0.2, -0.15) is 0 Å². The summed E-state index contributed by atoms with van der Waals surface area (Å²) in [7, 11) is 7.94. The van der Waals surface area contributed by atoms with Gasteiger partial charge in [0.25, 0.3) is 11.7 Å². The Kier molecular flexibility index (Phi) is 7.23. The fraction of sp³-hybridized carbons (Fsp3) is 0.333. The third-order valence-corrected chi connectivity index (χ3v) is 5.48. The van der Waals surface area contributed by atoms with Gasteiger partial charge in [-0.25, -0.2) is 4.39 Å². The van der Waals surface area contributed by atoms with Crippen LogP contribution in [0.2, 0.25) is 0 Å². The molecule has 1 saturated heterocycles. The second-order valence-corrected chi connectivity index (χ2v) is 7.73. The number of carbonyl (C=O) groups is 2. The Bertz CT molecular complexity index is 1100. The van der Waals surface area contributed by atoms with E-state index in [1.54, 1.807) is 18.2 Å². The van der Waals surface area contributed by atoms with Crippen molar-refractivity contribution < 1.29 is 33.3 Å². The molecule has 9 heteroatoms. The van der Waals surface area contributed by atoms with Crippen molar-refractivity contribution in [2.75, 3.05) is 48.5 Å². The van der Waals surface area contributed by atoms with Crippen LogP contribution in [0.5, 0.6) is 17.2 Å². The van der Waals surface area contributed by atoms with E-state index in [1.165, 1.54) is 38.4 Å². The van der Waals surface area contributed by atoms with Gasteiger partial charge in [0.2, 0.25) is 0 Å². The quantitative estimate of drug-likeness (QED) is 0.370. The van der Waals surface area contributed by atoms with Crippen molar-refractivity contribution in [2.24, 2.45) is 0 Å². The van der Waals surface area contributed by atoms with E-state index in [0.29, 0.717) is 23.6 Å². The van der Waals surface area contributed by atoms with E-state index in [9.17, 15) is 19.1 Å². The molecule has 1 N–H and O–H groups in total. The summed E-state index contributed by atoms with van der Waals surface area (Å²) in [6.45, 7) is 0.698. The van der Waals surface area contributed by atoms with Gasteiger partial charge >= 0.3 is 0 Å². The van der Waals surface area contributed by atoms with Crippen molar-refractivity contribution in [3.63, 3.8) is 0 Å². The second-order valence-electron chi connectivity index (χ2n) is 7.73. The molecule has 1 atom stereocenters. The lowest BCUT2D eigenvalue weighted by Gasteiger charge is -2.28. The summed E-state index contributed by atoms with van der Waals surface area (Å²) in [5.41, 5.74) is 0.353. The summed E-state index contributed by atoms with van der Waals surface area (Å²) in [5.74, 6) is -2.10. The number of likely N-dealkylation sites (N-methyl/N-ethyl adjacent to an activating group) is 1. The summed E-state index contributed by atoms with van der Waals surface area (Å²) in [4.78, 5) is 29.4. The maximum atomic E-state index is 14.3. The van der Waals surface area contributed by atoms with Crippen molar-refractivity contribution in [3.8, 4) is 17.2 Å². The van der Waals surface area contributed by atoms with Gasteiger partial charge in [0.05, 0.1) is 32.9 Å². The molecule has 176 valence electrons. The molecular weight excluding hydrogens is 431 g/mol. The topological polar surface area (TPSA) is 88.5 Å². The Morgan fingerprint density at radius 2 is 1.76 bits per heavy atom. The molecule has 0 bridgehead atoms. The summed E-state index contributed by atoms with van der Waals surface area (Å²) < 4.78 is 30.2. The molecule has 1 fully saturated rings. The molecule has 0 radical (unpaired) electrons. The van der Waals surface area contributed by atoms with E-state index in [4.69, 9.17) is 14.2 Å². The van der Waals surface area contributed by atoms with Crippen LogP contribution in [0.3, 0.4) is 0 Å². The lowest BCUT2D eigenvalue weighted by Crippen LogP contribution is -2.35. The number of para-hydroxylation sites is 1. The minimum atomic E-state index is -0.958. The zero-order valence-electron chi connectivity index (χ0n) is 19.2. The molecule has 1 unspecified atom stereocenters. The summed E-state index contributed by atoms with van der Waals surface area (Å²) in [6, 6.07) is 7.95. The van der Waals surface area contributed by atoms with Crippen LogP contribution in [0.4, 0.5) is 4.39 Å². The lowest BCUT2D eigenvalue weighted by atomic mass is 9.94. The third kappa shape index (κ3) is 4.49. The first kappa shape index (κ1) is 24.1. The maximum absolute atomic E-state index is 14.3. The van der Waals surface area contributed by atoms with Crippen LogP contribution >= 0.6 is 0 Å². The van der Waals surface area contributed by atoms with Gasteiger partial charge in [0.1, 0.15) is 5.76 Å². The Balaban J connectivity index is 2.25. The number of methoxy groups -OCH3 is 3. The minimum Gasteiger partial charge on any atom is -0.507 e. The Labute approximate surface area is 191 Å². The number of hydrogen-bond acceptors (Lipinski definition) is 7. The predicted molar refractivity (Wildman–Crippen MR) is 120 cm³/mol. The van der Waals surface area contributed by atoms with Crippen LogP contribution in [0.1, 0.15) is 17.2 Å². The van der Waals surface area contributed by atoms with Gasteiger partial charge in [-0.1, -0.05) is 12.1 Å². The highest BCUT2D eigenvalue weighted by Crippen LogP contribution is 2.45. The van der Waals surface area contributed by atoms with E-state index >= 15 is 0 Å². The van der Waals surface area contributed by atoms with Crippen LogP contribution in [0.25, 0.3) is 5.76 Å². The van der Waals surface area contributed by atoms with Gasteiger partial charge in [-0.3, -0.25) is 9.59 Å². The number of benzene rings is 2. The number of aliphatic hydroxyl groups excluding tert-OH is 1. The standard InChI is InChI=1S/C24H27FN2O6/c1-26(2)11-12-27-20(15-7-6-8-18(32-4)23(15)33-5)19(22(29)24(27)30)21(28)14-9-10-17(31-3)16(25)13-14/h6-10,13,20,28H,11-12H2,1-5H3. The fourth-order valence-electron chi connectivity index (χ4n) is 3.84. The molecule has 1 heterocycles. The van der Waals surface area contributed by atoms with Gasteiger partial charge in [-0.05, 0) is 38.4 Å². The second kappa shape index (κ2) is 9.91. The molecule has 1 aliphatic rings. The van der Waals surface area contributed by atoms with Gasteiger partial charge < -0.3 is 29.1 Å². The molecule has 2 aromatic rings. The average Bonchev–Trinajstić information content (AvgIpc) is 3.06. The van der Waals surface area contributed by atoms with Crippen molar-refractivity contribution in [3.05, 3.63) is 58.9 Å². The zero-order chi connectivity index (χ0) is 24.3. The molecule has 2 aromatic carbocycles. The normalized spacial score (nSPS) is 17.5. The predicted octanol–water partition coefficient (Wildman–Crippen LogP) is 2.83. The third-order valence-electron chi connectivity index (χ3n) is 5.48. The number of likely N-dealkylation sites (tertiary alicyclic amines) is 1. The van der Waals surface area contributed by atoms with Crippen LogP contribution in [-0.4, -0.2) is 75.1 Å². The maximum Gasteiger partial charge on any atom is 0.295 e. The Morgan fingerprint density at radius 3 is 2.33 bits per heavy atom. The molecule has 0 spiro atoms. The molecule has 0 aromatic heterocycles. The highest BCUT2D eigenvalue weighted by atomic mass is 19.1. The molecule has 0 saturated carbocycles. The lowest BCUT2D eigenvalue weighted by molar-refractivity contribution is -0.140. The van der Waals surface area contributed by atoms with Crippen molar-refractivity contribution in [1.29, 1.82) is 0 Å². The van der Waals surface area contributed by atoms with Crippen molar-refractivity contribution >= 4 is 17.4 Å². The molecule has 1 aliphatic heterocycles. The first-order valence-corrected chi connectivity index (χ1v) is 10.2. The number of aliphatic hydroxyl groups is 1. The fourth-order valence-corrected chi connectivity index (χ4v) is 3.84. The number of nitrogens with zero attached hydrogens (tertiary/aromatic N) is 2. The molecule has 33 heavy (non-hydrogen) atoms. The number of rotatable bonds is 8. The van der Waals surface area contributed by atoms with E-state index in [-0.39, 0.29) is 23.4 Å². The number of amides is 1. The summed E-state index contributed by atoms with van der Waals surface area (Å²) in [6.07, 6.45) is 0. The van der Waals surface area contributed by atoms with Crippen molar-refractivity contribution in [2.45, 2.75) is 6.04 Å². The Hall–Kier alpha value is -3.59. The Morgan fingerprint density at radius 1 is 1.06 bits per heavy atom. The molecule has 0 aliphatic carbocycles. The van der Waals surface area contributed by atoms with E-state index in [2.05, 4.69) is 0 Å². The smallest absolute Gasteiger partial charge is 0.295 e. The number of ketones is 1. The monoisotopic (exact) mass is 458 g/mol. The highest BCUT2D eigenvalue weighted by molar-refractivity contribution is 6.46. The van der Waals surface area contributed by atoms with E-state index < -0.39 is 29.3 Å². The molecule has 3 rings (SSSR count). The van der Waals surface area contributed by atoms with E-state index in [1.807, 2.05) is 19.0 Å². The molecular formula is C24H27FN2O6.